The van der Waals surface area contributed by atoms with Gasteiger partial charge < -0.3 is 26.4 Å². The van der Waals surface area contributed by atoms with Crippen LogP contribution >= 0.6 is 0 Å². The zero-order valence-electron chi connectivity index (χ0n) is 22.4. The minimum absolute atomic E-state index is 0.114. The van der Waals surface area contributed by atoms with E-state index in [4.69, 9.17) is 10.5 Å². The fourth-order valence-electron chi connectivity index (χ4n) is 3.76. The Kier molecular flexibility index (Phi) is 11.8. The first-order chi connectivity index (χ1) is 18.2. The van der Waals surface area contributed by atoms with Crippen LogP contribution in [0.25, 0.3) is 0 Å². The number of nitrogens with one attached hydrogen (secondary N) is 3. The lowest BCUT2D eigenvalue weighted by atomic mass is 9.97. The van der Waals surface area contributed by atoms with Crippen molar-refractivity contribution >= 4 is 17.9 Å². The van der Waals surface area contributed by atoms with Gasteiger partial charge in [-0.15, -0.1) is 0 Å². The molecule has 0 saturated heterocycles. The molecule has 0 heterocycles. The Morgan fingerprint density at radius 2 is 1.38 bits per heavy atom. The summed E-state index contributed by atoms with van der Waals surface area (Å²) in [4.78, 5) is 37.7. The number of halogens is 3. The number of carbonyl (C=O) groups is 3. The number of unbranched alkanes of at least 4 members (excludes halogenated alkanes) is 1. The normalized spacial score (nSPS) is 13.3. The van der Waals surface area contributed by atoms with Crippen LogP contribution in [0.1, 0.15) is 63.6 Å². The number of amides is 3. The summed E-state index contributed by atoms with van der Waals surface area (Å²) in [5.41, 5.74) is 6.40. The highest BCUT2D eigenvalue weighted by Gasteiger charge is 2.35. The van der Waals surface area contributed by atoms with Gasteiger partial charge in [0, 0.05) is 6.54 Å². The molecular formula is C28H37F3N4O4. The van der Waals surface area contributed by atoms with Gasteiger partial charge in [0.15, 0.2) is 0 Å². The van der Waals surface area contributed by atoms with Crippen LogP contribution in [0.3, 0.4) is 0 Å². The fraction of sp³-hybridized carbons (Fsp3) is 0.464. The molecule has 0 aromatic heterocycles. The van der Waals surface area contributed by atoms with E-state index in [1.54, 1.807) is 20.8 Å². The Bertz CT molecular complexity index is 1020. The molecule has 3 amide bonds. The van der Waals surface area contributed by atoms with Crippen molar-refractivity contribution in [3.63, 3.8) is 0 Å². The second kappa shape index (κ2) is 14.5. The van der Waals surface area contributed by atoms with Gasteiger partial charge in [-0.3, -0.25) is 9.59 Å². The SMILES string of the molecule is CC(C)(C)OC(=O)NCCCC[C@H](NC(=O)[C@@H](N)CC(F)(F)F)C(=O)NC(c1ccccc1)c1ccccc1. The predicted molar refractivity (Wildman–Crippen MR) is 142 cm³/mol. The molecule has 11 heteroatoms. The highest BCUT2D eigenvalue weighted by atomic mass is 19.4. The van der Waals surface area contributed by atoms with E-state index in [-0.39, 0.29) is 13.0 Å². The van der Waals surface area contributed by atoms with Gasteiger partial charge in [-0.05, 0) is 51.2 Å². The topological polar surface area (TPSA) is 123 Å². The van der Waals surface area contributed by atoms with Gasteiger partial charge in [0.25, 0.3) is 0 Å². The molecule has 0 fully saturated rings. The molecule has 0 radical (unpaired) electrons. The molecule has 2 aromatic carbocycles. The van der Waals surface area contributed by atoms with E-state index in [2.05, 4.69) is 16.0 Å². The minimum Gasteiger partial charge on any atom is -0.444 e. The number of rotatable bonds is 12. The van der Waals surface area contributed by atoms with Gasteiger partial charge in [-0.25, -0.2) is 4.79 Å². The molecule has 0 aliphatic rings. The van der Waals surface area contributed by atoms with Crippen LogP contribution in [-0.2, 0) is 14.3 Å². The van der Waals surface area contributed by atoms with Gasteiger partial charge in [0.05, 0.1) is 18.5 Å². The lowest BCUT2D eigenvalue weighted by molar-refractivity contribution is -0.148. The summed E-state index contributed by atoms with van der Waals surface area (Å²) in [6.07, 6.45) is -5.80. The summed E-state index contributed by atoms with van der Waals surface area (Å²) in [7, 11) is 0. The number of carbonyl (C=O) groups excluding carboxylic acids is 3. The standard InChI is InChI=1S/C28H37F3N4O4/c1-27(2,3)39-26(38)33-17-11-10-16-22(34-24(36)21(32)18-28(29,30)31)25(37)35-23(19-12-6-4-7-13-19)20-14-8-5-9-15-20/h4-9,12-15,21-23H,10-11,16-18,32H2,1-3H3,(H,33,38)(H,34,36)(H,35,37)/t21-,22-/m0/s1. The second-order valence-corrected chi connectivity index (χ2v) is 10.2. The second-order valence-electron chi connectivity index (χ2n) is 10.2. The molecule has 2 rings (SSSR count). The summed E-state index contributed by atoms with van der Waals surface area (Å²) in [5.74, 6) is -1.64. The fourth-order valence-corrected chi connectivity index (χ4v) is 3.76. The predicted octanol–water partition coefficient (Wildman–Crippen LogP) is 4.35. The van der Waals surface area contributed by atoms with Crippen molar-refractivity contribution in [2.24, 2.45) is 5.73 Å². The Hall–Kier alpha value is -3.60. The average Bonchev–Trinajstić information content (AvgIpc) is 2.85. The molecule has 2 atom stereocenters. The molecule has 0 aliphatic carbocycles. The van der Waals surface area contributed by atoms with E-state index >= 15 is 0 Å². The number of ether oxygens (including phenoxy) is 1. The Labute approximate surface area is 226 Å². The molecular weight excluding hydrogens is 513 g/mol. The molecule has 8 nitrogen and oxygen atoms in total. The number of hydrogen-bond acceptors (Lipinski definition) is 5. The Balaban J connectivity index is 2.12. The first-order valence-corrected chi connectivity index (χ1v) is 12.7. The first kappa shape index (κ1) is 31.6. The number of alkyl carbamates (subject to hydrolysis) is 1. The molecule has 0 bridgehead atoms. The maximum Gasteiger partial charge on any atom is 0.407 e. The number of alkyl halides is 3. The maximum absolute atomic E-state index is 13.4. The molecule has 39 heavy (non-hydrogen) atoms. The van der Waals surface area contributed by atoms with Crippen LogP contribution in [0.2, 0.25) is 0 Å². The van der Waals surface area contributed by atoms with E-state index in [0.29, 0.717) is 12.8 Å². The summed E-state index contributed by atoms with van der Waals surface area (Å²) >= 11 is 0. The van der Waals surface area contributed by atoms with Crippen LogP contribution in [0.4, 0.5) is 18.0 Å². The van der Waals surface area contributed by atoms with Crippen LogP contribution < -0.4 is 21.7 Å². The van der Waals surface area contributed by atoms with E-state index in [0.717, 1.165) is 11.1 Å². The molecule has 0 unspecified atom stereocenters. The maximum atomic E-state index is 13.4. The largest absolute Gasteiger partial charge is 0.444 e. The van der Waals surface area contributed by atoms with Crippen LogP contribution in [0.5, 0.6) is 0 Å². The van der Waals surface area contributed by atoms with Gasteiger partial charge in [0.2, 0.25) is 11.8 Å². The average molecular weight is 551 g/mol. The van der Waals surface area contributed by atoms with Crippen molar-refractivity contribution in [2.75, 3.05) is 6.54 Å². The van der Waals surface area contributed by atoms with Crippen LogP contribution in [0.15, 0.2) is 60.7 Å². The van der Waals surface area contributed by atoms with E-state index < -0.39 is 54.2 Å². The molecule has 2 aromatic rings. The molecule has 0 aliphatic heterocycles. The lowest BCUT2D eigenvalue weighted by Gasteiger charge is -2.25. The molecule has 214 valence electrons. The quantitative estimate of drug-likeness (QED) is 0.293. The first-order valence-electron chi connectivity index (χ1n) is 12.7. The summed E-state index contributed by atoms with van der Waals surface area (Å²) in [6.45, 7) is 5.46. The summed E-state index contributed by atoms with van der Waals surface area (Å²) < 4.78 is 43.5. The highest BCUT2D eigenvalue weighted by Crippen LogP contribution is 2.23. The number of nitrogens with two attached hydrogens (primary N) is 1. The molecule has 0 saturated carbocycles. The van der Waals surface area contributed by atoms with Crippen molar-refractivity contribution in [3.05, 3.63) is 71.8 Å². The number of hydrogen-bond donors (Lipinski definition) is 4. The number of benzene rings is 2. The third-order valence-corrected chi connectivity index (χ3v) is 5.56. The van der Waals surface area contributed by atoms with Crippen molar-refractivity contribution in [1.82, 2.24) is 16.0 Å². The third-order valence-electron chi connectivity index (χ3n) is 5.56. The zero-order chi connectivity index (χ0) is 29.1. The van der Waals surface area contributed by atoms with E-state index in [1.807, 2.05) is 60.7 Å². The molecule has 0 spiro atoms. The molecule has 5 N–H and O–H groups in total. The van der Waals surface area contributed by atoms with Gasteiger partial charge >= 0.3 is 12.3 Å². The van der Waals surface area contributed by atoms with Crippen molar-refractivity contribution in [2.45, 2.75) is 76.4 Å². The minimum atomic E-state index is -4.63. The lowest BCUT2D eigenvalue weighted by Crippen LogP contribution is -2.53. The van der Waals surface area contributed by atoms with E-state index in [1.165, 1.54) is 0 Å². The van der Waals surface area contributed by atoms with Gasteiger partial charge in [-0.1, -0.05) is 60.7 Å². The Morgan fingerprint density at radius 1 is 0.846 bits per heavy atom. The van der Waals surface area contributed by atoms with E-state index in [9.17, 15) is 27.6 Å². The summed E-state index contributed by atoms with van der Waals surface area (Å²) in [5, 5.41) is 7.92. The van der Waals surface area contributed by atoms with Gasteiger partial charge in [0.1, 0.15) is 11.6 Å². The van der Waals surface area contributed by atoms with Crippen LogP contribution in [-0.4, -0.2) is 48.3 Å². The third kappa shape index (κ3) is 12.2. The van der Waals surface area contributed by atoms with Crippen molar-refractivity contribution in [3.8, 4) is 0 Å². The summed E-state index contributed by atoms with van der Waals surface area (Å²) in [6, 6.07) is 14.8. The van der Waals surface area contributed by atoms with Gasteiger partial charge in [-0.2, -0.15) is 13.2 Å². The Morgan fingerprint density at radius 3 is 1.87 bits per heavy atom. The van der Waals surface area contributed by atoms with Crippen molar-refractivity contribution < 1.29 is 32.3 Å². The smallest absolute Gasteiger partial charge is 0.407 e. The zero-order valence-corrected chi connectivity index (χ0v) is 22.4. The monoisotopic (exact) mass is 550 g/mol. The van der Waals surface area contributed by atoms with Crippen LogP contribution in [0, 0.1) is 0 Å². The highest BCUT2D eigenvalue weighted by molar-refractivity contribution is 5.90. The van der Waals surface area contributed by atoms with Crippen molar-refractivity contribution in [1.29, 1.82) is 0 Å².